The summed E-state index contributed by atoms with van der Waals surface area (Å²) in [4.78, 5) is 13.3. The van der Waals surface area contributed by atoms with Gasteiger partial charge in [0.1, 0.15) is 0 Å². The maximum absolute atomic E-state index is 13.3. The lowest BCUT2D eigenvalue weighted by molar-refractivity contribution is -0.118. The van der Waals surface area contributed by atoms with E-state index in [0.29, 0.717) is 0 Å². The molecule has 4 heteroatoms. The van der Waals surface area contributed by atoms with Gasteiger partial charge >= 0.3 is 0 Å². The number of benzene rings is 3. The Morgan fingerprint density at radius 2 is 1.48 bits per heavy atom. The minimum atomic E-state index is -0.484. The summed E-state index contributed by atoms with van der Waals surface area (Å²) in [5, 5.41) is 3.18. The summed E-state index contributed by atoms with van der Waals surface area (Å²) < 4.78 is 10.9. The van der Waals surface area contributed by atoms with Gasteiger partial charge in [-0.3, -0.25) is 4.79 Å². The van der Waals surface area contributed by atoms with Crippen molar-refractivity contribution in [3.05, 3.63) is 76.3 Å². The number of rotatable bonds is 4. The highest BCUT2D eigenvalue weighted by Crippen LogP contribution is 2.51. The van der Waals surface area contributed by atoms with Crippen LogP contribution in [0, 0.1) is 27.7 Å². The number of hydrogen-bond acceptors (Lipinski definition) is 3. The van der Waals surface area contributed by atoms with Gasteiger partial charge < -0.3 is 14.8 Å². The smallest absolute Gasteiger partial charge is 0.235 e. The topological polar surface area (TPSA) is 47.6 Å². The molecule has 1 heterocycles. The van der Waals surface area contributed by atoms with Crippen LogP contribution in [0.5, 0.6) is 11.5 Å². The minimum Gasteiger partial charge on any atom is -0.454 e. The van der Waals surface area contributed by atoms with Crippen molar-refractivity contribution in [3.63, 3.8) is 0 Å². The summed E-state index contributed by atoms with van der Waals surface area (Å²) in [6.45, 7) is 8.78. The zero-order valence-electron chi connectivity index (χ0n) is 18.5. The second-order valence-electron chi connectivity index (χ2n) is 8.89. The Kier molecular flexibility index (Phi) is 4.54. The van der Waals surface area contributed by atoms with Crippen molar-refractivity contribution in [2.45, 2.75) is 46.0 Å². The van der Waals surface area contributed by atoms with Crippen LogP contribution in [0.3, 0.4) is 0 Å². The van der Waals surface area contributed by atoms with E-state index in [9.17, 15) is 4.79 Å². The van der Waals surface area contributed by atoms with E-state index in [2.05, 4.69) is 57.3 Å². The van der Waals surface area contributed by atoms with E-state index in [0.717, 1.165) is 41.2 Å². The van der Waals surface area contributed by atoms with E-state index >= 15 is 0 Å². The van der Waals surface area contributed by atoms with Crippen LogP contribution >= 0.6 is 0 Å². The van der Waals surface area contributed by atoms with Crippen molar-refractivity contribution in [3.8, 4) is 22.6 Å². The predicted octanol–water partition coefficient (Wildman–Crippen LogP) is 5.99. The Hall–Kier alpha value is -3.27. The zero-order valence-corrected chi connectivity index (χ0v) is 18.5. The fraction of sp³-hybridized carbons (Fsp3) is 0.296. The van der Waals surface area contributed by atoms with E-state index in [4.69, 9.17) is 9.47 Å². The van der Waals surface area contributed by atoms with Crippen molar-refractivity contribution >= 4 is 11.6 Å². The number of aryl methyl sites for hydroxylation is 4. The number of hydrogen-bond donors (Lipinski definition) is 1. The molecule has 0 unspecified atom stereocenters. The Morgan fingerprint density at radius 1 is 0.774 bits per heavy atom. The first kappa shape index (κ1) is 19.7. The second-order valence-corrected chi connectivity index (χ2v) is 8.89. The van der Waals surface area contributed by atoms with Gasteiger partial charge in [0.05, 0.1) is 5.41 Å². The standard InChI is InChI=1S/C27H27NO3/c1-16-5-7-21(14-23(16)22-12-18(3)17(2)11-19(22)4)28-26(29)27(9-10-27)20-6-8-24-25(13-20)31-15-30-24/h5-8,11-14H,9-10,15H2,1-4H3,(H,28,29). The van der Waals surface area contributed by atoms with E-state index in [1.54, 1.807) is 0 Å². The largest absolute Gasteiger partial charge is 0.454 e. The van der Waals surface area contributed by atoms with Crippen molar-refractivity contribution in [1.82, 2.24) is 0 Å². The molecule has 1 N–H and O–H groups in total. The fourth-order valence-corrected chi connectivity index (χ4v) is 4.46. The number of carbonyl (C=O) groups excluding carboxylic acids is 1. The highest BCUT2D eigenvalue weighted by Gasteiger charge is 2.51. The van der Waals surface area contributed by atoms with Gasteiger partial charge in [0.2, 0.25) is 12.7 Å². The Balaban J connectivity index is 1.44. The molecule has 0 bridgehead atoms. The normalized spacial score (nSPS) is 15.6. The first-order valence-corrected chi connectivity index (χ1v) is 10.8. The van der Waals surface area contributed by atoms with Crippen LogP contribution in [0.25, 0.3) is 11.1 Å². The molecule has 158 valence electrons. The van der Waals surface area contributed by atoms with Crippen molar-refractivity contribution in [1.29, 1.82) is 0 Å². The Bertz CT molecular complexity index is 1210. The molecule has 5 rings (SSSR count). The van der Waals surface area contributed by atoms with Crippen LogP contribution in [0.2, 0.25) is 0 Å². The van der Waals surface area contributed by atoms with Crippen LogP contribution in [-0.2, 0) is 10.2 Å². The first-order valence-electron chi connectivity index (χ1n) is 10.8. The lowest BCUT2D eigenvalue weighted by atomic mass is 9.92. The van der Waals surface area contributed by atoms with Gasteiger partial charge in [-0.1, -0.05) is 24.3 Å². The monoisotopic (exact) mass is 413 g/mol. The van der Waals surface area contributed by atoms with E-state index in [1.165, 1.54) is 27.8 Å². The molecule has 4 nitrogen and oxygen atoms in total. The van der Waals surface area contributed by atoms with Gasteiger partial charge in [-0.15, -0.1) is 0 Å². The SMILES string of the molecule is Cc1cc(C)c(-c2cc(NC(=O)C3(c4ccc5c(c4)OCO5)CC3)ccc2C)cc1C. The van der Waals surface area contributed by atoms with E-state index in [1.807, 2.05) is 24.3 Å². The molecule has 0 spiro atoms. The lowest BCUT2D eigenvalue weighted by Gasteiger charge is -2.18. The number of nitrogens with one attached hydrogen (secondary N) is 1. The van der Waals surface area contributed by atoms with Crippen LogP contribution in [0.15, 0.2) is 48.5 Å². The van der Waals surface area contributed by atoms with Crippen LogP contribution in [0.1, 0.15) is 40.7 Å². The highest BCUT2D eigenvalue weighted by molar-refractivity contribution is 6.02. The third-order valence-corrected chi connectivity index (χ3v) is 6.74. The van der Waals surface area contributed by atoms with Crippen molar-refractivity contribution in [2.75, 3.05) is 12.1 Å². The molecule has 1 saturated carbocycles. The number of amides is 1. The average Bonchev–Trinajstić information content (AvgIpc) is 3.43. The van der Waals surface area contributed by atoms with Gasteiger partial charge in [0.15, 0.2) is 11.5 Å². The van der Waals surface area contributed by atoms with Gasteiger partial charge in [-0.05, 0) is 104 Å². The maximum Gasteiger partial charge on any atom is 0.235 e. The summed E-state index contributed by atoms with van der Waals surface area (Å²) in [5.74, 6) is 1.50. The third kappa shape index (κ3) is 3.36. The molecule has 0 aromatic heterocycles. The summed E-state index contributed by atoms with van der Waals surface area (Å²) in [6.07, 6.45) is 1.68. The third-order valence-electron chi connectivity index (χ3n) is 6.74. The summed E-state index contributed by atoms with van der Waals surface area (Å²) in [5.41, 5.74) is 8.72. The van der Waals surface area contributed by atoms with Crippen LogP contribution in [-0.4, -0.2) is 12.7 Å². The van der Waals surface area contributed by atoms with Crippen LogP contribution in [0.4, 0.5) is 5.69 Å². The summed E-state index contributed by atoms with van der Waals surface area (Å²) >= 11 is 0. The minimum absolute atomic E-state index is 0.0398. The molecule has 1 fully saturated rings. The molecule has 0 radical (unpaired) electrons. The molecule has 31 heavy (non-hydrogen) atoms. The lowest BCUT2D eigenvalue weighted by Crippen LogP contribution is -2.27. The predicted molar refractivity (Wildman–Crippen MR) is 123 cm³/mol. The van der Waals surface area contributed by atoms with Gasteiger partial charge in [0, 0.05) is 5.69 Å². The molecule has 3 aromatic rings. The van der Waals surface area contributed by atoms with Crippen molar-refractivity contribution in [2.24, 2.45) is 0 Å². The average molecular weight is 414 g/mol. The molecule has 1 aliphatic heterocycles. The quantitative estimate of drug-likeness (QED) is 0.572. The number of anilines is 1. The van der Waals surface area contributed by atoms with Gasteiger partial charge in [0.25, 0.3) is 0 Å². The van der Waals surface area contributed by atoms with Gasteiger partial charge in [-0.2, -0.15) is 0 Å². The van der Waals surface area contributed by atoms with Crippen LogP contribution < -0.4 is 14.8 Å². The summed E-state index contributed by atoms with van der Waals surface area (Å²) in [6, 6.07) is 16.5. The zero-order chi connectivity index (χ0) is 21.8. The Morgan fingerprint density at radius 3 is 2.26 bits per heavy atom. The molecule has 0 saturated heterocycles. The molecular formula is C27H27NO3. The molecule has 1 aliphatic carbocycles. The molecule has 2 aliphatic rings. The summed E-state index contributed by atoms with van der Waals surface area (Å²) in [7, 11) is 0. The number of fused-ring (bicyclic) bond motifs is 1. The Labute approximate surface area is 183 Å². The maximum atomic E-state index is 13.3. The molecule has 3 aromatic carbocycles. The molecule has 1 amide bonds. The second kappa shape index (κ2) is 7.16. The van der Waals surface area contributed by atoms with E-state index in [-0.39, 0.29) is 12.7 Å². The number of ether oxygens (including phenoxy) is 2. The van der Waals surface area contributed by atoms with Gasteiger partial charge in [-0.25, -0.2) is 0 Å². The highest BCUT2D eigenvalue weighted by atomic mass is 16.7. The molecular weight excluding hydrogens is 386 g/mol. The number of carbonyl (C=O) groups is 1. The molecule has 0 atom stereocenters. The van der Waals surface area contributed by atoms with Crippen molar-refractivity contribution < 1.29 is 14.3 Å². The van der Waals surface area contributed by atoms with E-state index < -0.39 is 5.41 Å². The first-order chi connectivity index (χ1) is 14.9. The fourth-order valence-electron chi connectivity index (χ4n) is 4.46.